The van der Waals surface area contributed by atoms with E-state index < -0.39 is 78.2 Å². The smallest absolute Gasteiger partial charge is 0.325 e. The molecule has 41 heavy (non-hydrogen) atoms. The number of aliphatic hydroxyl groups is 1. The molecule has 6 atom stereocenters. The molecule has 1 rings (SSSR count). The van der Waals surface area contributed by atoms with Gasteiger partial charge >= 0.3 is 5.97 Å². The minimum Gasteiger partial charge on any atom is -0.508 e. The van der Waals surface area contributed by atoms with Gasteiger partial charge in [0.2, 0.25) is 29.5 Å². The molecular formula is C25H38N6O9S. The predicted octanol–water partition coefficient (Wildman–Crippen LogP) is -2.68. The number of phenols is 1. The van der Waals surface area contributed by atoms with Crippen LogP contribution in [0.15, 0.2) is 24.3 Å². The number of aromatic hydroxyl groups is 1. The van der Waals surface area contributed by atoms with Crippen molar-refractivity contribution < 1.29 is 44.1 Å². The van der Waals surface area contributed by atoms with Gasteiger partial charge in [0.15, 0.2) is 0 Å². The zero-order chi connectivity index (χ0) is 31.3. The summed E-state index contributed by atoms with van der Waals surface area (Å²) in [5.41, 5.74) is 11.3. The summed E-state index contributed by atoms with van der Waals surface area (Å²) in [4.78, 5) is 73.9. The monoisotopic (exact) mass is 598 g/mol. The standard InChI is InChI=1S/C25H38N6O9S/c1-12(25(39)40)28-22(36)17(8-9-41-3)29-24(38)20(13(2)32)31-23(37)18(10-14-4-6-15(33)7-5-14)30-21(35)16(26)11-19(27)34/h4-7,12-13,16-18,20,32-33H,8-11,26H2,1-3H3,(H2,27,34)(H,28,36)(H,29,38)(H,30,35)(H,31,37)(H,39,40)/t12-,13+,16-,17-,18-,20-/m0/s1. The van der Waals surface area contributed by atoms with E-state index in [0.29, 0.717) is 11.3 Å². The number of hydrogen-bond donors (Lipinski definition) is 9. The molecular weight excluding hydrogens is 560 g/mol. The third-order valence-corrected chi connectivity index (χ3v) is 6.45. The lowest BCUT2D eigenvalue weighted by atomic mass is 10.0. The molecule has 0 unspecified atom stereocenters. The average molecular weight is 599 g/mol. The van der Waals surface area contributed by atoms with Crippen molar-refractivity contribution in [2.75, 3.05) is 12.0 Å². The fraction of sp³-hybridized carbons (Fsp3) is 0.520. The lowest BCUT2D eigenvalue weighted by Gasteiger charge is -2.27. The summed E-state index contributed by atoms with van der Waals surface area (Å²) in [5.74, 6) is -5.19. The summed E-state index contributed by atoms with van der Waals surface area (Å²) >= 11 is 1.38. The van der Waals surface area contributed by atoms with E-state index in [4.69, 9.17) is 16.6 Å². The number of carboxylic acids is 1. The largest absolute Gasteiger partial charge is 0.508 e. The van der Waals surface area contributed by atoms with Crippen molar-refractivity contribution in [3.63, 3.8) is 0 Å². The summed E-state index contributed by atoms with van der Waals surface area (Å²) in [6.07, 6.45) is -0.168. The lowest BCUT2D eigenvalue weighted by molar-refractivity contribution is -0.142. The minimum atomic E-state index is -1.58. The number of phenolic OH excluding ortho intramolecular Hbond substituents is 1. The second kappa shape index (κ2) is 17.0. The van der Waals surface area contributed by atoms with Gasteiger partial charge in [-0.1, -0.05) is 12.1 Å². The van der Waals surface area contributed by atoms with Crippen LogP contribution in [0, 0.1) is 0 Å². The second-order valence-electron chi connectivity index (χ2n) is 9.35. The molecule has 0 aliphatic rings. The van der Waals surface area contributed by atoms with Crippen LogP contribution < -0.4 is 32.7 Å². The third-order valence-electron chi connectivity index (χ3n) is 5.80. The number of carbonyl (C=O) groups excluding carboxylic acids is 5. The van der Waals surface area contributed by atoms with Crippen LogP contribution in [-0.4, -0.2) is 99.1 Å². The Morgan fingerprint density at radius 3 is 1.95 bits per heavy atom. The van der Waals surface area contributed by atoms with Crippen molar-refractivity contribution >= 4 is 47.3 Å². The number of thioether (sulfide) groups is 1. The van der Waals surface area contributed by atoms with E-state index >= 15 is 0 Å². The van der Waals surface area contributed by atoms with E-state index in [-0.39, 0.29) is 18.6 Å². The van der Waals surface area contributed by atoms with Crippen molar-refractivity contribution in [1.29, 1.82) is 0 Å². The zero-order valence-corrected chi connectivity index (χ0v) is 23.8. The Kier molecular flexibility index (Phi) is 14.6. The number of nitrogens with two attached hydrogens (primary N) is 2. The van der Waals surface area contributed by atoms with Crippen LogP contribution in [0.25, 0.3) is 0 Å². The molecule has 0 heterocycles. The molecule has 0 spiro atoms. The first-order valence-corrected chi connectivity index (χ1v) is 14.0. The number of rotatable bonds is 17. The Morgan fingerprint density at radius 2 is 1.44 bits per heavy atom. The van der Waals surface area contributed by atoms with Crippen molar-refractivity contribution in [3.05, 3.63) is 29.8 Å². The number of primary amides is 1. The number of nitrogens with one attached hydrogen (secondary N) is 4. The summed E-state index contributed by atoms with van der Waals surface area (Å²) in [6.45, 7) is 2.48. The maximum atomic E-state index is 13.3. The van der Waals surface area contributed by atoms with Crippen LogP contribution in [0.2, 0.25) is 0 Å². The van der Waals surface area contributed by atoms with Gasteiger partial charge in [-0.15, -0.1) is 0 Å². The van der Waals surface area contributed by atoms with Crippen LogP contribution in [0.3, 0.4) is 0 Å². The number of aliphatic hydroxyl groups excluding tert-OH is 1. The fourth-order valence-electron chi connectivity index (χ4n) is 3.47. The first kappa shape index (κ1) is 35.1. The van der Waals surface area contributed by atoms with Gasteiger partial charge in [0, 0.05) is 6.42 Å². The van der Waals surface area contributed by atoms with Gasteiger partial charge in [-0.25, -0.2) is 0 Å². The third kappa shape index (κ3) is 12.4. The minimum absolute atomic E-state index is 0.0362. The number of benzene rings is 1. The van der Waals surface area contributed by atoms with Gasteiger partial charge in [-0.2, -0.15) is 11.8 Å². The molecule has 1 aromatic rings. The van der Waals surface area contributed by atoms with Gasteiger partial charge in [-0.3, -0.25) is 28.8 Å². The normalized spacial score (nSPS) is 15.2. The molecule has 0 saturated carbocycles. The van der Waals surface area contributed by atoms with E-state index in [9.17, 15) is 39.0 Å². The molecule has 15 nitrogen and oxygen atoms in total. The number of carboxylic acid groups (broad SMARTS) is 1. The van der Waals surface area contributed by atoms with Crippen molar-refractivity contribution in [3.8, 4) is 5.75 Å². The van der Waals surface area contributed by atoms with Crippen molar-refractivity contribution in [2.45, 2.75) is 69.4 Å². The van der Waals surface area contributed by atoms with E-state index in [1.807, 2.05) is 0 Å². The van der Waals surface area contributed by atoms with E-state index in [1.165, 1.54) is 49.9 Å². The Labute approximate surface area is 241 Å². The Bertz CT molecular complexity index is 1090. The molecule has 0 aliphatic carbocycles. The van der Waals surface area contributed by atoms with Crippen molar-refractivity contribution in [2.24, 2.45) is 11.5 Å². The number of aliphatic carboxylic acids is 1. The quantitative estimate of drug-likeness (QED) is 0.0891. The molecule has 1 aromatic carbocycles. The van der Waals surface area contributed by atoms with Crippen LogP contribution in [-0.2, 0) is 35.2 Å². The van der Waals surface area contributed by atoms with Gasteiger partial charge < -0.3 is 48.1 Å². The highest BCUT2D eigenvalue weighted by atomic mass is 32.2. The molecule has 0 fully saturated rings. The van der Waals surface area contributed by atoms with E-state index in [0.717, 1.165) is 0 Å². The molecule has 5 amide bonds. The molecule has 228 valence electrons. The maximum Gasteiger partial charge on any atom is 0.325 e. The maximum absolute atomic E-state index is 13.3. The summed E-state index contributed by atoms with van der Waals surface area (Å²) in [5, 5.41) is 38.4. The average Bonchev–Trinajstić information content (AvgIpc) is 2.89. The molecule has 11 N–H and O–H groups in total. The summed E-state index contributed by atoms with van der Waals surface area (Å²) in [7, 11) is 0. The molecule has 16 heteroatoms. The highest BCUT2D eigenvalue weighted by Gasteiger charge is 2.33. The molecule has 0 bridgehead atoms. The number of carbonyl (C=O) groups is 6. The lowest BCUT2D eigenvalue weighted by Crippen LogP contribution is -2.61. The highest BCUT2D eigenvalue weighted by Crippen LogP contribution is 2.12. The predicted molar refractivity (Wildman–Crippen MR) is 149 cm³/mol. The highest BCUT2D eigenvalue weighted by molar-refractivity contribution is 7.98. The zero-order valence-electron chi connectivity index (χ0n) is 23.0. The Morgan fingerprint density at radius 1 is 0.878 bits per heavy atom. The second-order valence-corrected chi connectivity index (χ2v) is 10.3. The van der Waals surface area contributed by atoms with E-state index in [2.05, 4.69) is 21.3 Å². The van der Waals surface area contributed by atoms with Gasteiger partial charge in [0.05, 0.1) is 18.6 Å². The van der Waals surface area contributed by atoms with Crippen LogP contribution in [0.4, 0.5) is 0 Å². The number of amides is 5. The molecule has 0 aromatic heterocycles. The molecule has 0 radical (unpaired) electrons. The van der Waals surface area contributed by atoms with Crippen LogP contribution in [0.1, 0.15) is 32.3 Å². The van der Waals surface area contributed by atoms with Gasteiger partial charge in [0.1, 0.15) is 29.9 Å². The van der Waals surface area contributed by atoms with Crippen LogP contribution >= 0.6 is 11.8 Å². The molecule has 0 aliphatic heterocycles. The Hall–Kier alpha value is -3.89. The number of hydrogen-bond acceptors (Lipinski definition) is 10. The van der Waals surface area contributed by atoms with Crippen LogP contribution in [0.5, 0.6) is 5.75 Å². The summed E-state index contributed by atoms with van der Waals surface area (Å²) in [6, 6.07) is -0.961. The van der Waals surface area contributed by atoms with Gasteiger partial charge in [-0.05, 0) is 50.0 Å². The SMILES string of the molecule is CSCC[C@H](NC(=O)[C@@H](NC(=O)[C@H](Cc1ccc(O)cc1)NC(=O)[C@@H](N)CC(N)=O)[C@@H](C)O)C(=O)N[C@@H](C)C(=O)O. The topological polar surface area (TPSA) is 263 Å². The van der Waals surface area contributed by atoms with E-state index in [1.54, 1.807) is 6.26 Å². The molecule has 0 saturated heterocycles. The van der Waals surface area contributed by atoms with Crippen molar-refractivity contribution in [1.82, 2.24) is 21.3 Å². The first-order chi connectivity index (χ1) is 19.2. The summed E-state index contributed by atoms with van der Waals surface area (Å²) < 4.78 is 0. The Balaban J connectivity index is 3.15. The first-order valence-electron chi connectivity index (χ1n) is 12.6. The van der Waals surface area contributed by atoms with Gasteiger partial charge in [0.25, 0.3) is 0 Å². The fourth-order valence-corrected chi connectivity index (χ4v) is 3.94.